The number of methoxy groups -OCH3 is 1. The highest BCUT2D eigenvalue weighted by Crippen LogP contribution is 2.18. The minimum atomic E-state index is -0.407. The molecule has 0 aliphatic heterocycles. The topological polar surface area (TPSA) is 59.2 Å². The van der Waals surface area contributed by atoms with Crippen molar-refractivity contribution in [2.45, 2.75) is 13.8 Å². The summed E-state index contributed by atoms with van der Waals surface area (Å²) in [6.45, 7) is 4.00. The van der Waals surface area contributed by atoms with Crippen LogP contribution in [0.15, 0.2) is 24.4 Å². The number of ether oxygens (including phenoxy) is 1. The van der Waals surface area contributed by atoms with Crippen LogP contribution >= 0.6 is 0 Å². The molecule has 1 aromatic heterocycles. The van der Waals surface area contributed by atoms with Crippen molar-refractivity contribution >= 4 is 23.2 Å². The summed E-state index contributed by atoms with van der Waals surface area (Å²) in [5.41, 5.74) is 1.80. The number of esters is 1. The molecule has 4 heteroatoms. The van der Waals surface area contributed by atoms with Crippen LogP contribution in [0.1, 0.15) is 34.6 Å². The lowest BCUT2D eigenvalue weighted by atomic mass is 10.1. The highest BCUT2D eigenvalue weighted by atomic mass is 16.5. The van der Waals surface area contributed by atoms with E-state index in [4.69, 9.17) is 0 Å². The van der Waals surface area contributed by atoms with E-state index in [0.717, 1.165) is 17.2 Å². The fraction of sp³-hybridized carbons (Fsp3) is 0.231. The smallest absolute Gasteiger partial charge is 0.337 e. The Hall–Kier alpha value is -2.10. The molecule has 0 fully saturated rings. The number of rotatable bonds is 2. The molecule has 1 aromatic carbocycles. The molecule has 1 heterocycles. The van der Waals surface area contributed by atoms with Crippen LogP contribution < -0.4 is 0 Å². The lowest BCUT2D eigenvalue weighted by molar-refractivity contribution is 0.0601. The fourth-order valence-electron chi connectivity index (χ4n) is 1.48. The van der Waals surface area contributed by atoms with Crippen molar-refractivity contribution in [2.24, 2.45) is 0 Å². The second-order valence-electron chi connectivity index (χ2n) is 3.11. The van der Waals surface area contributed by atoms with Crippen molar-refractivity contribution in [2.75, 3.05) is 7.11 Å². The Bertz CT molecular complexity index is 528. The Kier molecular flexibility index (Phi) is 4.46. The lowest BCUT2D eigenvalue weighted by Gasteiger charge is -1.98. The highest BCUT2D eigenvalue weighted by molar-refractivity contribution is 6.01. The zero-order chi connectivity index (χ0) is 12.8. The SMILES string of the molecule is CC.COC(=O)c1ccc2[nH]cc(C=O)c2c1. The zero-order valence-corrected chi connectivity index (χ0v) is 10.1. The van der Waals surface area contributed by atoms with E-state index in [1.165, 1.54) is 7.11 Å². The molecule has 0 amide bonds. The van der Waals surface area contributed by atoms with Gasteiger partial charge in [-0.25, -0.2) is 4.79 Å². The number of benzene rings is 1. The van der Waals surface area contributed by atoms with Gasteiger partial charge in [-0.3, -0.25) is 4.79 Å². The number of nitrogens with one attached hydrogen (secondary N) is 1. The number of hydrogen-bond donors (Lipinski definition) is 1. The molecule has 0 aliphatic rings. The van der Waals surface area contributed by atoms with Crippen LogP contribution in [-0.4, -0.2) is 24.3 Å². The van der Waals surface area contributed by atoms with E-state index >= 15 is 0 Å². The van der Waals surface area contributed by atoms with Gasteiger partial charge < -0.3 is 9.72 Å². The number of hydrogen-bond acceptors (Lipinski definition) is 3. The molecular weight excluding hydrogens is 218 g/mol. The predicted octanol–water partition coefficient (Wildman–Crippen LogP) is 2.79. The average Bonchev–Trinajstić information content (AvgIpc) is 2.82. The highest BCUT2D eigenvalue weighted by Gasteiger charge is 2.08. The third kappa shape index (κ3) is 2.53. The molecule has 0 saturated carbocycles. The molecule has 2 rings (SSSR count). The van der Waals surface area contributed by atoms with Gasteiger partial charge in [0.1, 0.15) is 0 Å². The molecule has 0 spiro atoms. The van der Waals surface area contributed by atoms with Gasteiger partial charge in [-0.2, -0.15) is 0 Å². The average molecular weight is 233 g/mol. The summed E-state index contributed by atoms with van der Waals surface area (Å²) in [4.78, 5) is 24.9. The van der Waals surface area contributed by atoms with Crippen LogP contribution in [0.5, 0.6) is 0 Å². The second kappa shape index (κ2) is 5.84. The first kappa shape index (κ1) is 13.0. The van der Waals surface area contributed by atoms with Crippen LogP contribution in [0.25, 0.3) is 10.9 Å². The summed E-state index contributed by atoms with van der Waals surface area (Å²) >= 11 is 0. The van der Waals surface area contributed by atoms with Gasteiger partial charge in [-0.05, 0) is 18.2 Å². The Balaban J connectivity index is 0.000000686. The number of aromatic nitrogens is 1. The van der Waals surface area contributed by atoms with Crippen LogP contribution in [0, 0.1) is 0 Å². The van der Waals surface area contributed by atoms with Crippen molar-refractivity contribution in [1.82, 2.24) is 4.98 Å². The monoisotopic (exact) mass is 233 g/mol. The van der Waals surface area contributed by atoms with E-state index in [2.05, 4.69) is 9.72 Å². The molecule has 17 heavy (non-hydrogen) atoms. The van der Waals surface area contributed by atoms with Gasteiger partial charge in [0.05, 0.1) is 12.7 Å². The summed E-state index contributed by atoms with van der Waals surface area (Å²) in [6, 6.07) is 5.04. The van der Waals surface area contributed by atoms with Crippen LogP contribution in [0.2, 0.25) is 0 Å². The van der Waals surface area contributed by atoms with Crippen LogP contribution in [-0.2, 0) is 4.74 Å². The Morgan fingerprint density at radius 1 is 1.35 bits per heavy atom. The number of carbonyl (C=O) groups excluding carboxylic acids is 2. The Labute approximate surface area is 99.6 Å². The third-order valence-electron chi connectivity index (χ3n) is 2.26. The molecule has 90 valence electrons. The van der Waals surface area contributed by atoms with Crippen molar-refractivity contribution in [3.8, 4) is 0 Å². The van der Waals surface area contributed by atoms with Gasteiger partial charge in [0, 0.05) is 22.7 Å². The normalized spacial score (nSPS) is 9.35. The molecule has 0 saturated heterocycles. The van der Waals surface area contributed by atoms with E-state index in [1.54, 1.807) is 24.4 Å². The second-order valence-corrected chi connectivity index (χ2v) is 3.11. The van der Waals surface area contributed by atoms with E-state index in [9.17, 15) is 9.59 Å². The van der Waals surface area contributed by atoms with Gasteiger partial charge in [0.15, 0.2) is 6.29 Å². The summed E-state index contributed by atoms with van der Waals surface area (Å²) in [6.07, 6.45) is 2.36. The number of fused-ring (bicyclic) bond motifs is 1. The number of aromatic amines is 1. The molecular formula is C13H15NO3. The first-order valence-corrected chi connectivity index (χ1v) is 5.41. The van der Waals surface area contributed by atoms with Crippen molar-refractivity contribution in [3.63, 3.8) is 0 Å². The Morgan fingerprint density at radius 2 is 2.06 bits per heavy atom. The molecule has 0 aliphatic carbocycles. The van der Waals surface area contributed by atoms with E-state index in [0.29, 0.717) is 11.1 Å². The van der Waals surface area contributed by atoms with Crippen molar-refractivity contribution in [1.29, 1.82) is 0 Å². The molecule has 1 N–H and O–H groups in total. The fourth-order valence-corrected chi connectivity index (χ4v) is 1.48. The van der Waals surface area contributed by atoms with Crippen LogP contribution in [0.3, 0.4) is 0 Å². The summed E-state index contributed by atoms with van der Waals surface area (Å²) < 4.78 is 4.60. The third-order valence-corrected chi connectivity index (χ3v) is 2.26. The molecule has 0 unspecified atom stereocenters. The molecule has 2 aromatic rings. The van der Waals surface area contributed by atoms with Crippen molar-refractivity contribution in [3.05, 3.63) is 35.5 Å². The lowest BCUT2D eigenvalue weighted by Crippen LogP contribution is -2.00. The maximum atomic E-state index is 11.3. The number of H-pyrrole nitrogens is 1. The van der Waals surface area contributed by atoms with Gasteiger partial charge in [0.25, 0.3) is 0 Å². The maximum Gasteiger partial charge on any atom is 0.337 e. The summed E-state index contributed by atoms with van der Waals surface area (Å²) in [7, 11) is 1.32. The standard InChI is InChI=1S/C11H9NO3.C2H6/c1-15-11(14)7-2-3-10-9(4-7)8(6-13)5-12-10;1-2/h2-6,12H,1H3;1-2H3. The maximum absolute atomic E-state index is 11.3. The van der Waals surface area contributed by atoms with E-state index < -0.39 is 5.97 Å². The zero-order valence-electron chi connectivity index (χ0n) is 10.1. The minimum absolute atomic E-state index is 0.407. The summed E-state index contributed by atoms with van der Waals surface area (Å²) in [5.74, 6) is -0.407. The molecule has 0 atom stereocenters. The van der Waals surface area contributed by atoms with Crippen LogP contribution in [0.4, 0.5) is 0 Å². The van der Waals surface area contributed by atoms with Gasteiger partial charge in [-0.1, -0.05) is 13.8 Å². The largest absolute Gasteiger partial charge is 0.465 e. The Morgan fingerprint density at radius 3 is 2.65 bits per heavy atom. The van der Waals surface area contributed by atoms with Gasteiger partial charge >= 0.3 is 5.97 Å². The number of carbonyl (C=O) groups is 2. The molecule has 0 bridgehead atoms. The molecule has 4 nitrogen and oxygen atoms in total. The first-order valence-electron chi connectivity index (χ1n) is 5.41. The van der Waals surface area contributed by atoms with Crippen molar-refractivity contribution < 1.29 is 14.3 Å². The molecule has 0 radical (unpaired) electrons. The number of aldehydes is 1. The van der Waals surface area contributed by atoms with E-state index in [1.807, 2.05) is 13.8 Å². The van der Waals surface area contributed by atoms with Gasteiger partial charge in [0.2, 0.25) is 0 Å². The predicted molar refractivity (Wildman–Crippen MR) is 66.4 cm³/mol. The first-order chi connectivity index (χ1) is 8.26. The van der Waals surface area contributed by atoms with E-state index in [-0.39, 0.29) is 0 Å². The quantitative estimate of drug-likeness (QED) is 0.641. The van der Waals surface area contributed by atoms with Gasteiger partial charge in [-0.15, -0.1) is 0 Å². The summed E-state index contributed by atoms with van der Waals surface area (Å²) in [5, 5.41) is 0.730. The minimum Gasteiger partial charge on any atom is -0.465 e.